The lowest BCUT2D eigenvalue weighted by molar-refractivity contribution is -0.125. The maximum Gasteiger partial charge on any atom is 0.234 e. The number of carbonyl (C=O) groups excluding carboxylic acids is 2. The molecule has 0 saturated carbocycles. The first-order chi connectivity index (χ1) is 8.25. The van der Waals surface area contributed by atoms with Crippen molar-refractivity contribution in [3.63, 3.8) is 0 Å². The zero-order chi connectivity index (χ0) is 11.8. The van der Waals surface area contributed by atoms with E-state index in [9.17, 15) is 9.59 Å². The van der Waals surface area contributed by atoms with Crippen LogP contribution >= 0.6 is 34.0 Å². The predicted molar refractivity (Wildman–Crippen MR) is 85.1 cm³/mol. The Balaban J connectivity index is 0.000000902. The van der Waals surface area contributed by atoms with Crippen LogP contribution in [0.5, 0.6) is 0 Å². The Hall–Kier alpha value is -1.20. The van der Waals surface area contributed by atoms with E-state index in [0.29, 0.717) is 0 Å². The minimum atomic E-state index is -0.339. The van der Waals surface area contributed by atoms with Crippen LogP contribution in [-0.2, 0) is 9.59 Å². The average molecular weight is 387 g/mol. The molecule has 100 valence electrons. The summed E-state index contributed by atoms with van der Waals surface area (Å²) in [5, 5.41) is 4.49. The van der Waals surface area contributed by atoms with Gasteiger partial charge in [0.15, 0.2) is 0 Å². The molecule has 1 unspecified atom stereocenters. The molecule has 0 bridgehead atoms. The zero-order valence-corrected chi connectivity index (χ0v) is 13.4. The van der Waals surface area contributed by atoms with Crippen molar-refractivity contribution in [3.05, 3.63) is 48.0 Å². The van der Waals surface area contributed by atoms with E-state index >= 15 is 0 Å². The maximum atomic E-state index is 11.7. The minimum Gasteiger partial charge on any atom is -0.296 e. The van der Waals surface area contributed by atoms with Crippen molar-refractivity contribution in [3.8, 4) is 0 Å². The molecule has 3 rings (SSSR count). The number of rotatable bonds is 1. The summed E-state index contributed by atoms with van der Waals surface area (Å²) >= 11 is 0. The molecule has 0 radical (unpaired) electrons. The van der Waals surface area contributed by atoms with Crippen molar-refractivity contribution in [1.29, 1.82) is 0 Å². The Labute approximate surface area is 131 Å². The molecule has 0 aromatic heterocycles. The lowest BCUT2D eigenvalue weighted by atomic mass is 9.92. The number of hydrogen-bond acceptors (Lipinski definition) is 2. The van der Waals surface area contributed by atoms with Crippen LogP contribution in [0, 0.1) is 0 Å². The summed E-state index contributed by atoms with van der Waals surface area (Å²) in [5.74, 6) is -0.715. The number of halogens is 2. The summed E-state index contributed by atoms with van der Waals surface area (Å²) in [5.41, 5.74) is 0.937. The van der Waals surface area contributed by atoms with Gasteiger partial charge in [0.05, 0.1) is 5.92 Å². The second-order valence-corrected chi connectivity index (χ2v) is 4.24. The van der Waals surface area contributed by atoms with Gasteiger partial charge in [-0.15, -0.1) is 34.0 Å². The van der Waals surface area contributed by atoms with Gasteiger partial charge in [0.2, 0.25) is 11.8 Å². The van der Waals surface area contributed by atoms with Gasteiger partial charge in [-0.1, -0.05) is 42.5 Å². The topological polar surface area (TPSA) is 46.2 Å². The number of benzene rings is 2. The fourth-order valence-corrected chi connectivity index (χ4v) is 2.36. The summed E-state index contributed by atoms with van der Waals surface area (Å²) in [6.07, 6.45) is 0.257. The number of carbonyl (C=O) groups is 2. The standard InChI is InChI=1S/C14H11NO2.2BrH/c16-13-8-12(14(17)15-13)11-7-3-5-9-4-1-2-6-10(9)11;;/h1-7,12H,8H2,(H,15,16,17);2*1H. The first-order valence-corrected chi connectivity index (χ1v) is 5.57. The molecule has 3 nitrogen and oxygen atoms in total. The van der Waals surface area contributed by atoms with Gasteiger partial charge in [-0.05, 0) is 16.3 Å². The molecule has 0 spiro atoms. The Morgan fingerprint density at radius 3 is 2.32 bits per heavy atom. The molecule has 19 heavy (non-hydrogen) atoms. The molecule has 2 aromatic rings. The van der Waals surface area contributed by atoms with E-state index in [1.807, 2.05) is 42.5 Å². The smallest absolute Gasteiger partial charge is 0.234 e. The molecule has 1 aliphatic heterocycles. The molecule has 1 N–H and O–H groups in total. The van der Waals surface area contributed by atoms with Gasteiger partial charge in [-0.3, -0.25) is 14.9 Å². The van der Waals surface area contributed by atoms with Gasteiger partial charge >= 0.3 is 0 Å². The summed E-state index contributed by atoms with van der Waals surface area (Å²) in [4.78, 5) is 22.9. The third kappa shape index (κ3) is 2.87. The summed E-state index contributed by atoms with van der Waals surface area (Å²) in [6, 6.07) is 13.8. The zero-order valence-electron chi connectivity index (χ0n) is 9.96. The number of nitrogens with one attached hydrogen (secondary N) is 1. The van der Waals surface area contributed by atoms with E-state index in [-0.39, 0.29) is 58.1 Å². The van der Waals surface area contributed by atoms with Crippen LogP contribution in [0.15, 0.2) is 42.5 Å². The first kappa shape index (κ1) is 15.9. The van der Waals surface area contributed by atoms with Gasteiger partial charge in [0, 0.05) is 6.42 Å². The highest BCUT2D eigenvalue weighted by Crippen LogP contribution is 2.30. The first-order valence-electron chi connectivity index (χ1n) is 5.57. The van der Waals surface area contributed by atoms with E-state index in [2.05, 4.69) is 5.32 Å². The molecule has 1 saturated heterocycles. The number of fused-ring (bicyclic) bond motifs is 1. The second-order valence-electron chi connectivity index (χ2n) is 4.24. The average Bonchev–Trinajstić information content (AvgIpc) is 2.68. The third-order valence-corrected chi connectivity index (χ3v) is 3.17. The molecular weight excluding hydrogens is 374 g/mol. The van der Waals surface area contributed by atoms with Crippen LogP contribution in [0.3, 0.4) is 0 Å². The summed E-state index contributed by atoms with van der Waals surface area (Å²) in [6.45, 7) is 0. The Kier molecular flexibility index (Phi) is 5.26. The van der Waals surface area contributed by atoms with Gasteiger partial charge < -0.3 is 0 Å². The van der Waals surface area contributed by atoms with Crippen molar-refractivity contribution in [2.24, 2.45) is 0 Å². The summed E-state index contributed by atoms with van der Waals surface area (Å²) < 4.78 is 0. The van der Waals surface area contributed by atoms with Crippen LogP contribution in [0.25, 0.3) is 10.8 Å². The van der Waals surface area contributed by atoms with Crippen molar-refractivity contribution in [2.45, 2.75) is 12.3 Å². The summed E-state index contributed by atoms with van der Waals surface area (Å²) in [7, 11) is 0. The molecule has 1 heterocycles. The quantitative estimate of drug-likeness (QED) is 0.765. The van der Waals surface area contributed by atoms with Crippen molar-refractivity contribution < 1.29 is 9.59 Å². The normalized spacial score (nSPS) is 17.6. The fourth-order valence-electron chi connectivity index (χ4n) is 2.36. The highest BCUT2D eigenvalue weighted by atomic mass is 79.9. The molecule has 5 heteroatoms. The number of hydrogen-bond donors (Lipinski definition) is 1. The fraction of sp³-hybridized carbons (Fsp3) is 0.143. The molecule has 2 amide bonds. The molecule has 0 aliphatic carbocycles. The largest absolute Gasteiger partial charge is 0.296 e. The SMILES string of the molecule is Br.Br.O=C1CC(c2cccc3ccccc23)C(=O)N1. The van der Waals surface area contributed by atoms with Crippen LogP contribution in [0.4, 0.5) is 0 Å². The van der Waals surface area contributed by atoms with Crippen molar-refractivity contribution in [2.75, 3.05) is 0 Å². The van der Waals surface area contributed by atoms with E-state index < -0.39 is 0 Å². The van der Waals surface area contributed by atoms with Gasteiger partial charge in [0.25, 0.3) is 0 Å². The van der Waals surface area contributed by atoms with Crippen molar-refractivity contribution >= 4 is 56.5 Å². The third-order valence-electron chi connectivity index (χ3n) is 3.17. The van der Waals surface area contributed by atoms with Crippen molar-refractivity contribution in [1.82, 2.24) is 5.32 Å². The lowest BCUT2D eigenvalue weighted by Gasteiger charge is -2.10. The van der Waals surface area contributed by atoms with Gasteiger partial charge in [0.1, 0.15) is 0 Å². The molecule has 1 atom stereocenters. The lowest BCUT2D eigenvalue weighted by Crippen LogP contribution is -2.21. The number of imide groups is 1. The maximum absolute atomic E-state index is 11.7. The van der Waals surface area contributed by atoms with E-state index in [1.165, 1.54) is 0 Å². The molecule has 1 aliphatic rings. The van der Waals surface area contributed by atoms with Crippen LogP contribution in [0.1, 0.15) is 17.9 Å². The van der Waals surface area contributed by atoms with E-state index in [1.54, 1.807) is 0 Å². The monoisotopic (exact) mass is 385 g/mol. The van der Waals surface area contributed by atoms with Gasteiger partial charge in [-0.2, -0.15) is 0 Å². The predicted octanol–water partition coefficient (Wildman–Crippen LogP) is 3.13. The minimum absolute atomic E-state index is 0. The van der Waals surface area contributed by atoms with Crippen LogP contribution in [-0.4, -0.2) is 11.8 Å². The Morgan fingerprint density at radius 1 is 0.947 bits per heavy atom. The number of amides is 2. The van der Waals surface area contributed by atoms with Crippen LogP contribution in [0.2, 0.25) is 0 Å². The molecular formula is C14H13Br2NO2. The molecule has 1 fully saturated rings. The Bertz CT molecular complexity index is 622. The highest BCUT2D eigenvalue weighted by molar-refractivity contribution is 8.93. The highest BCUT2D eigenvalue weighted by Gasteiger charge is 2.32. The van der Waals surface area contributed by atoms with E-state index in [4.69, 9.17) is 0 Å². The van der Waals surface area contributed by atoms with Gasteiger partial charge in [-0.25, -0.2) is 0 Å². The van der Waals surface area contributed by atoms with E-state index in [0.717, 1.165) is 16.3 Å². The molecule has 2 aromatic carbocycles. The van der Waals surface area contributed by atoms with Crippen LogP contribution < -0.4 is 5.32 Å². The second kappa shape index (κ2) is 6.30. The Morgan fingerprint density at radius 2 is 1.63 bits per heavy atom.